The second-order valence-corrected chi connectivity index (χ2v) is 7.95. The third-order valence-corrected chi connectivity index (χ3v) is 5.88. The van der Waals surface area contributed by atoms with Gasteiger partial charge < -0.3 is 10.2 Å². The van der Waals surface area contributed by atoms with E-state index in [0.717, 1.165) is 43.7 Å². The Bertz CT molecular complexity index is 1010. The highest BCUT2D eigenvalue weighted by molar-refractivity contribution is 6.33. The van der Waals surface area contributed by atoms with Crippen LogP contribution in [0.2, 0.25) is 5.02 Å². The molecule has 1 aliphatic heterocycles. The van der Waals surface area contributed by atoms with Gasteiger partial charge in [-0.3, -0.25) is 4.79 Å². The van der Waals surface area contributed by atoms with E-state index >= 15 is 0 Å². The van der Waals surface area contributed by atoms with Crippen LogP contribution in [0.1, 0.15) is 33.1 Å². The van der Waals surface area contributed by atoms with E-state index in [1.807, 2.05) is 43.3 Å². The molecule has 7 nitrogen and oxygen atoms in total. The molecule has 0 bridgehead atoms. The predicted octanol–water partition coefficient (Wildman–Crippen LogP) is 3.58. The second kappa shape index (κ2) is 8.37. The number of hydrogen-bond acceptors (Lipinski definition) is 5. The molecule has 0 spiro atoms. The van der Waals surface area contributed by atoms with Gasteiger partial charge in [-0.05, 0) is 50.5 Å². The van der Waals surface area contributed by atoms with Crippen molar-refractivity contribution in [3.05, 3.63) is 41.4 Å². The number of carbonyl (C=O) groups is 1. The van der Waals surface area contributed by atoms with Crippen molar-refractivity contribution in [2.75, 3.05) is 18.0 Å². The number of halogens is 1. The number of aromatic nitrogens is 4. The lowest BCUT2D eigenvalue weighted by Gasteiger charge is -2.32. The fourth-order valence-corrected chi connectivity index (χ4v) is 3.81. The van der Waals surface area contributed by atoms with Gasteiger partial charge in [-0.15, -0.1) is 15.3 Å². The Balaban J connectivity index is 1.52. The molecular weight excluding hydrogens is 388 g/mol. The number of rotatable bonds is 5. The monoisotopic (exact) mass is 412 g/mol. The first-order valence-electron chi connectivity index (χ1n) is 10.1. The fraction of sp³-hybridized carbons (Fsp3) is 0.429. The van der Waals surface area contributed by atoms with Crippen LogP contribution in [-0.2, 0) is 4.79 Å². The van der Waals surface area contributed by atoms with Crippen molar-refractivity contribution in [2.24, 2.45) is 5.92 Å². The molecule has 1 aliphatic rings. The van der Waals surface area contributed by atoms with Gasteiger partial charge in [0.1, 0.15) is 5.82 Å². The van der Waals surface area contributed by atoms with Crippen LogP contribution >= 0.6 is 11.6 Å². The Kier molecular flexibility index (Phi) is 5.67. The van der Waals surface area contributed by atoms with Crippen molar-refractivity contribution in [1.29, 1.82) is 0 Å². The van der Waals surface area contributed by atoms with E-state index < -0.39 is 0 Å². The van der Waals surface area contributed by atoms with Gasteiger partial charge >= 0.3 is 0 Å². The molecular formula is C21H25ClN6O. The molecule has 1 N–H and O–H groups in total. The lowest BCUT2D eigenvalue weighted by atomic mass is 9.95. The van der Waals surface area contributed by atoms with Crippen LogP contribution in [0.4, 0.5) is 5.82 Å². The minimum atomic E-state index is 0.0672. The number of benzene rings is 1. The summed E-state index contributed by atoms with van der Waals surface area (Å²) < 4.78 is 1.73. The van der Waals surface area contributed by atoms with E-state index in [2.05, 4.69) is 27.3 Å². The van der Waals surface area contributed by atoms with Gasteiger partial charge in [-0.2, -0.15) is 4.52 Å². The minimum absolute atomic E-state index is 0.0672. The van der Waals surface area contributed by atoms with Crippen LogP contribution in [0.3, 0.4) is 0 Å². The third kappa shape index (κ3) is 4.05. The number of nitrogens with one attached hydrogen (secondary N) is 1. The SMILES string of the molecule is CCC(C)NC(=O)C1CCN(c2ccc3nnc(-c4ccccc4Cl)n3n2)CC1. The number of carbonyl (C=O) groups excluding carboxylic acids is 1. The lowest BCUT2D eigenvalue weighted by molar-refractivity contribution is -0.126. The van der Waals surface area contributed by atoms with Gasteiger partial charge in [0.05, 0.1) is 5.02 Å². The Labute approximate surface area is 175 Å². The molecule has 29 heavy (non-hydrogen) atoms. The summed E-state index contributed by atoms with van der Waals surface area (Å²) in [5, 5.41) is 17.0. The summed E-state index contributed by atoms with van der Waals surface area (Å²) in [6.45, 7) is 5.71. The number of fused-ring (bicyclic) bond motifs is 1. The molecule has 0 saturated carbocycles. The van der Waals surface area contributed by atoms with Crippen LogP contribution in [0.15, 0.2) is 36.4 Å². The van der Waals surface area contributed by atoms with Gasteiger partial charge in [0.2, 0.25) is 5.91 Å². The Morgan fingerprint density at radius 3 is 2.69 bits per heavy atom. The van der Waals surface area contributed by atoms with Crippen LogP contribution < -0.4 is 10.2 Å². The smallest absolute Gasteiger partial charge is 0.223 e. The normalized spacial score (nSPS) is 16.2. The molecule has 4 rings (SSSR count). The second-order valence-electron chi connectivity index (χ2n) is 7.54. The number of piperidine rings is 1. The number of amides is 1. The first kappa shape index (κ1) is 19.6. The van der Waals surface area contributed by atoms with Gasteiger partial charge in [0.15, 0.2) is 11.5 Å². The average Bonchev–Trinajstić information content (AvgIpc) is 3.17. The van der Waals surface area contributed by atoms with Crippen molar-refractivity contribution < 1.29 is 4.79 Å². The summed E-state index contributed by atoms with van der Waals surface area (Å²) in [5.74, 6) is 1.71. The Morgan fingerprint density at radius 2 is 1.97 bits per heavy atom. The molecule has 2 aromatic heterocycles. The van der Waals surface area contributed by atoms with E-state index in [1.54, 1.807) is 4.52 Å². The van der Waals surface area contributed by atoms with E-state index in [9.17, 15) is 4.79 Å². The summed E-state index contributed by atoms with van der Waals surface area (Å²) in [7, 11) is 0. The van der Waals surface area contributed by atoms with Crippen molar-refractivity contribution in [1.82, 2.24) is 25.1 Å². The molecule has 0 aliphatic carbocycles. The minimum Gasteiger partial charge on any atom is -0.355 e. The first-order chi connectivity index (χ1) is 14.1. The van der Waals surface area contributed by atoms with Crippen LogP contribution in [0.25, 0.3) is 17.0 Å². The highest BCUT2D eigenvalue weighted by Gasteiger charge is 2.26. The van der Waals surface area contributed by atoms with Gasteiger partial charge in [0.25, 0.3) is 0 Å². The highest BCUT2D eigenvalue weighted by Crippen LogP contribution is 2.27. The molecule has 8 heteroatoms. The summed E-state index contributed by atoms with van der Waals surface area (Å²) in [5.41, 5.74) is 1.47. The molecule has 0 radical (unpaired) electrons. The molecule has 1 aromatic carbocycles. The number of anilines is 1. The van der Waals surface area contributed by atoms with Crippen molar-refractivity contribution >= 4 is 29.0 Å². The Hall–Kier alpha value is -2.67. The summed E-state index contributed by atoms with van der Waals surface area (Å²) in [4.78, 5) is 14.6. The molecule has 1 fully saturated rings. The topological polar surface area (TPSA) is 75.4 Å². The van der Waals surface area contributed by atoms with Crippen molar-refractivity contribution in [3.63, 3.8) is 0 Å². The quantitative estimate of drug-likeness (QED) is 0.693. The molecule has 1 amide bonds. The summed E-state index contributed by atoms with van der Waals surface area (Å²) >= 11 is 6.34. The van der Waals surface area contributed by atoms with Gasteiger partial charge in [-0.25, -0.2) is 0 Å². The van der Waals surface area contributed by atoms with E-state index in [0.29, 0.717) is 16.5 Å². The zero-order valence-electron chi connectivity index (χ0n) is 16.7. The third-order valence-electron chi connectivity index (χ3n) is 5.55. The number of nitrogens with zero attached hydrogens (tertiary/aromatic N) is 5. The molecule has 152 valence electrons. The van der Waals surface area contributed by atoms with Crippen LogP contribution in [0, 0.1) is 5.92 Å². The summed E-state index contributed by atoms with van der Waals surface area (Å²) in [6.07, 6.45) is 2.59. The standard InChI is InChI=1S/C21H25ClN6O/c1-3-14(2)23-21(29)15-10-12-27(13-11-15)19-9-8-18-24-25-20(28(18)26-19)16-6-4-5-7-17(16)22/h4-9,14-15H,3,10-13H2,1-2H3,(H,23,29). The van der Waals surface area contributed by atoms with E-state index in [1.165, 1.54) is 0 Å². The largest absolute Gasteiger partial charge is 0.355 e. The van der Waals surface area contributed by atoms with E-state index in [-0.39, 0.29) is 17.9 Å². The summed E-state index contributed by atoms with van der Waals surface area (Å²) in [6, 6.07) is 11.6. The average molecular weight is 413 g/mol. The zero-order chi connectivity index (χ0) is 20.4. The molecule has 1 unspecified atom stereocenters. The first-order valence-corrected chi connectivity index (χ1v) is 10.5. The number of hydrogen-bond donors (Lipinski definition) is 1. The maximum absolute atomic E-state index is 12.4. The molecule has 1 saturated heterocycles. The zero-order valence-corrected chi connectivity index (χ0v) is 17.4. The van der Waals surface area contributed by atoms with Gasteiger partial charge in [-0.1, -0.05) is 30.7 Å². The van der Waals surface area contributed by atoms with Gasteiger partial charge in [0, 0.05) is 30.6 Å². The molecule has 1 atom stereocenters. The maximum atomic E-state index is 12.4. The maximum Gasteiger partial charge on any atom is 0.223 e. The lowest BCUT2D eigenvalue weighted by Crippen LogP contribution is -2.43. The predicted molar refractivity (Wildman–Crippen MR) is 114 cm³/mol. The van der Waals surface area contributed by atoms with Crippen LogP contribution in [0.5, 0.6) is 0 Å². The van der Waals surface area contributed by atoms with Crippen molar-refractivity contribution in [2.45, 2.75) is 39.2 Å². The molecule has 3 aromatic rings. The fourth-order valence-electron chi connectivity index (χ4n) is 3.59. The van der Waals surface area contributed by atoms with Crippen LogP contribution in [-0.4, -0.2) is 44.8 Å². The molecule has 3 heterocycles. The highest BCUT2D eigenvalue weighted by atomic mass is 35.5. The van der Waals surface area contributed by atoms with E-state index in [4.69, 9.17) is 16.7 Å². The van der Waals surface area contributed by atoms with Crippen molar-refractivity contribution in [3.8, 4) is 11.4 Å². The Morgan fingerprint density at radius 1 is 1.21 bits per heavy atom.